The average Bonchev–Trinajstić information content (AvgIpc) is 3.26. The molecule has 0 N–H and O–H groups in total. The van der Waals surface area contributed by atoms with Crippen molar-refractivity contribution in [3.05, 3.63) is 41.9 Å². The van der Waals surface area contributed by atoms with Crippen LogP contribution in [0.4, 0.5) is 5.69 Å². The molecule has 0 radical (unpaired) electrons. The second-order valence-corrected chi connectivity index (χ2v) is 6.85. The van der Waals surface area contributed by atoms with Crippen molar-refractivity contribution in [3.63, 3.8) is 0 Å². The van der Waals surface area contributed by atoms with Gasteiger partial charge in [0.2, 0.25) is 5.91 Å². The highest BCUT2D eigenvalue weighted by atomic mass is 35.5. The minimum atomic E-state index is -0.00243. The van der Waals surface area contributed by atoms with Crippen LogP contribution in [0.5, 0.6) is 0 Å². The zero-order valence-electron chi connectivity index (χ0n) is 13.4. The molecule has 24 heavy (non-hydrogen) atoms. The Kier molecular flexibility index (Phi) is 4.24. The number of anilines is 1. The predicted molar refractivity (Wildman–Crippen MR) is 92.1 cm³/mol. The van der Waals surface area contributed by atoms with Gasteiger partial charge in [-0.3, -0.25) is 9.69 Å². The van der Waals surface area contributed by atoms with Gasteiger partial charge in [-0.15, -0.1) is 0 Å². The standard InChI is InChI=1S/C17H20ClN5O/c18-13-1-3-14(4-2-13)22-10-7-16(17(22)24)21-8-5-15(6-9-21)23-12-19-11-20-23/h1-4,11-12,15-16H,5-10H2. The van der Waals surface area contributed by atoms with Gasteiger partial charge in [0.25, 0.3) is 0 Å². The molecular weight excluding hydrogens is 326 g/mol. The van der Waals surface area contributed by atoms with E-state index in [1.807, 2.05) is 33.8 Å². The molecule has 0 bridgehead atoms. The van der Waals surface area contributed by atoms with Gasteiger partial charge in [-0.05, 0) is 43.5 Å². The molecular formula is C17H20ClN5O. The van der Waals surface area contributed by atoms with E-state index in [4.69, 9.17) is 11.6 Å². The lowest BCUT2D eigenvalue weighted by molar-refractivity contribution is -0.122. The van der Waals surface area contributed by atoms with E-state index in [1.54, 1.807) is 12.7 Å². The summed E-state index contributed by atoms with van der Waals surface area (Å²) in [7, 11) is 0. The smallest absolute Gasteiger partial charge is 0.244 e. The molecule has 2 fully saturated rings. The normalized spacial score (nSPS) is 23.1. The Morgan fingerprint density at radius 2 is 1.79 bits per heavy atom. The number of aromatic nitrogens is 3. The third-order valence-corrected chi connectivity index (χ3v) is 5.32. The zero-order valence-corrected chi connectivity index (χ0v) is 14.1. The zero-order chi connectivity index (χ0) is 16.5. The van der Waals surface area contributed by atoms with E-state index in [0.29, 0.717) is 11.1 Å². The molecule has 2 aromatic rings. The summed E-state index contributed by atoms with van der Waals surface area (Å²) in [5.74, 6) is 0.205. The molecule has 0 saturated carbocycles. The fraction of sp³-hybridized carbons (Fsp3) is 0.471. The average molecular weight is 346 g/mol. The monoisotopic (exact) mass is 345 g/mol. The van der Waals surface area contributed by atoms with E-state index >= 15 is 0 Å². The Labute approximate surface area is 146 Å². The van der Waals surface area contributed by atoms with Gasteiger partial charge in [0.05, 0.1) is 12.1 Å². The fourth-order valence-electron chi connectivity index (χ4n) is 3.75. The van der Waals surface area contributed by atoms with Gasteiger partial charge in [-0.1, -0.05) is 11.6 Å². The first-order chi connectivity index (χ1) is 11.7. The highest BCUT2D eigenvalue weighted by molar-refractivity contribution is 6.30. The van der Waals surface area contributed by atoms with Gasteiger partial charge in [-0.25, -0.2) is 9.67 Å². The van der Waals surface area contributed by atoms with Crippen LogP contribution in [0.15, 0.2) is 36.9 Å². The molecule has 0 aliphatic carbocycles. The first-order valence-electron chi connectivity index (χ1n) is 8.37. The minimum absolute atomic E-state index is 0.00243. The lowest BCUT2D eigenvalue weighted by atomic mass is 10.0. The maximum absolute atomic E-state index is 12.8. The van der Waals surface area contributed by atoms with Crippen molar-refractivity contribution < 1.29 is 4.79 Å². The van der Waals surface area contributed by atoms with E-state index in [-0.39, 0.29) is 11.9 Å². The van der Waals surface area contributed by atoms with Crippen molar-refractivity contribution in [1.29, 1.82) is 0 Å². The Morgan fingerprint density at radius 1 is 1.04 bits per heavy atom. The Morgan fingerprint density at radius 3 is 2.46 bits per heavy atom. The van der Waals surface area contributed by atoms with Gasteiger partial charge in [0.1, 0.15) is 12.7 Å². The summed E-state index contributed by atoms with van der Waals surface area (Å²) in [5.41, 5.74) is 0.935. The van der Waals surface area contributed by atoms with E-state index < -0.39 is 0 Å². The van der Waals surface area contributed by atoms with E-state index in [1.165, 1.54) is 0 Å². The number of amides is 1. The number of likely N-dealkylation sites (tertiary alicyclic amines) is 1. The van der Waals surface area contributed by atoms with Crippen LogP contribution in [0.2, 0.25) is 5.02 Å². The van der Waals surface area contributed by atoms with Crippen molar-refractivity contribution in [1.82, 2.24) is 19.7 Å². The van der Waals surface area contributed by atoms with E-state index in [2.05, 4.69) is 15.0 Å². The molecule has 2 aliphatic heterocycles. The Hall–Kier alpha value is -1.92. The molecule has 6 nitrogen and oxygen atoms in total. The van der Waals surface area contributed by atoms with Crippen LogP contribution in [-0.4, -0.2) is 51.2 Å². The molecule has 1 aromatic heterocycles. The lowest BCUT2D eigenvalue weighted by Gasteiger charge is -2.35. The van der Waals surface area contributed by atoms with Crippen molar-refractivity contribution >= 4 is 23.2 Å². The van der Waals surface area contributed by atoms with Crippen molar-refractivity contribution in [2.45, 2.75) is 31.3 Å². The topological polar surface area (TPSA) is 54.3 Å². The summed E-state index contributed by atoms with van der Waals surface area (Å²) in [6, 6.07) is 7.89. The van der Waals surface area contributed by atoms with Crippen LogP contribution < -0.4 is 4.90 Å². The van der Waals surface area contributed by atoms with Crippen molar-refractivity contribution in [2.75, 3.05) is 24.5 Å². The summed E-state index contributed by atoms with van der Waals surface area (Å²) >= 11 is 5.94. The molecule has 1 unspecified atom stereocenters. The molecule has 2 saturated heterocycles. The minimum Gasteiger partial charge on any atom is -0.311 e. The molecule has 4 rings (SSSR count). The van der Waals surface area contributed by atoms with Gasteiger partial charge < -0.3 is 4.90 Å². The number of benzene rings is 1. The number of halogens is 1. The second-order valence-electron chi connectivity index (χ2n) is 6.41. The van der Waals surface area contributed by atoms with E-state index in [9.17, 15) is 4.79 Å². The highest BCUT2D eigenvalue weighted by Gasteiger charge is 2.38. The van der Waals surface area contributed by atoms with Crippen molar-refractivity contribution in [2.24, 2.45) is 0 Å². The third kappa shape index (κ3) is 2.91. The quantitative estimate of drug-likeness (QED) is 0.857. The van der Waals surface area contributed by atoms with Gasteiger partial charge in [0, 0.05) is 30.3 Å². The largest absolute Gasteiger partial charge is 0.311 e. The van der Waals surface area contributed by atoms with Crippen LogP contribution in [0.1, 0.15) is 25.3 Å². The SMILES string of the molecule is O=C1C(N2CCC(n3cncn3)CC2)CCN1c1ccc(Cl)cc1. The molecule has 0 spiro atoms. The molecule has 7 heteroatoms. The summed E-state index contributed by atoms with van der Waals surface area (Å²) in [4.78, 5) is 21.1. The Bertz CT molecular complexity index is 694. The number of hydrogen-bond donors (Lipinski definition) is 0. The molecule has 1 atom stereocenters. The van der Waals surface area contributed by atoms with Crippen LogP contribution in [-0.2, 0) is 4.79 Å². The lowest BCUT2D eigenvalue weighted by Crippen LogP contribution is -2.46. The van der Waals surface area contributed by atoms with Crippen LogP contribution >= 0.6 is 11.6 Å². The summed E-state index contributed by atoms with van der Waals surface area (Å²) < 4.78 is 1.94. The summed E-state index contributed by atoms with van der Waals surface area (Å²) in [6.07, 6.45) is 6.26. The Balaban J connectivity index is 1.39. The molecule has 2 aliphatic rings. The highest BCUT2D eigenvalue weighted by Crippen LogP contribution is 2.29. The molecule has 1 aromatic carbocycles. The van der Waals surface area contributed by atoms with Crippen LogP contribution in [0.25, 0.3) is 0 Å². The molecule has 1 amide bonds. The number of nitrogens with zero attached hydrogens (tertiary/aromatic N) is 5. The fourth-order valence-corrected chi connectivity index (χ4v) is 3.88. The van der Waals surface area contributed by atoms with Crippen LogP contribution in [0.3, 0.4) is 0 Å². The van der Waals surface area contributed by atoms with Gasteiger partial charge >= 0.3 is 0 Å². The van der Waals surface area contributed by atoms with Crippen molar-refractivity contribution in [3.8, 4) is 0 Å². The third-order valence-electron chi connectivity index (χ3n) is 5.07. The molecule has 3 heterocycles. The summed E-state index contributed by atoms with van der Waals surface area (Å²) in [5, 5.41) is 4.93. The first-order valence-corrected chi connectivity index (χ1v) is 8.75. The predicted octanol–water partition coefficient (Wildman–Crippen LogP) is 2.37. The first kappa shape index (κ1) is 15.6. The van der Waals surface area contributed by atoms with Gasteiger partial charge in [0.15, 0.2) is 0 Å². The number of hydrogen-bond acceptors (Lipinski definition) is 4. The maximum atomic E-state index is 12.8. The number of carbonyl (C=O) groups excluding carboxylic acids is 1. The second kappa shape index (κ2) is 6.53. The number of rotatable bonds is 3. The van der Waals surface area contributed by atoms with Crippen LogP contribution in [0, 0.1) is 0 Å². The van der Waals surface area contributed by atoms with E-state index in [0.717, 1.165) is 44.6 Å². The maximum Gasteiger partial charge on any atom is 0.244 e. The van der Waals surface area contributed by atoms with Gasteiger partial charge in [-0.2, -0.15) is 5.10 Å². The molecule has 126 valence electrons. The number of piperidine rings is 1. The summed E-state index contributed by atoms with van der Waals surface area (Å²) in [6.45, 7) is 2.62. The number of carbonyl (C=O) groups is 1.